The highest BCUT2D eigenvalue weighted by Gasteiger charge is 2.31. The molecule has 0 saturated carbocycles. The number of rotatable bonds is 12. The van der Waals surface area contributed by atoms with Gasteiger partial charge >= 0.3 is 12.3 Å². The Labute approximate surface area is 212 Å². The second-order valence-electron chi connectivity index (χ2n) is 8.12. The van der Waals surface area contributed by atoms with E-state index in [2.05, 4.69) is 4.74 Å². The second kappa shape index (κ2) is 12.6. The molecule has 0 bridgehead atoms. The maximum atomic E-state index is 12.7. The lowest BCUT2D eigenvalue weighted by Gasteiger charge is -2.19. The van der Waals surface area contributed by atoms with Crippen molar-refractivity contribution in [2.24, 2.45) is 0 Å². The summed E-state index contributed by atoms with van der Waals surface area (Å²) in [5.74, 6) is 0.420. The van der Waals surface area contributed by atoms with Gasteiger partial charge in [-0.25, -0.2) is 0 Å². The second-order valence-corrected chi connectivity index (χ2v) is 9.29. The molecular weight excluding hydrogens is 493 g/mol. The Kier molecular flexibility index (Phi) is 9.52. The summed E-state index contributed by atoms with van der Waals surface area (Å²) in [6.45, 7) is 3.85. The number of benzene rings is 3. The van der Waals surface area contributed by atoms with Gasteiger partial charge in [0.1, 0.15) is 11.5 Å². The average molecular weight is 521 g/mol. The third kappa shape index (κ3) is 9.03. The summed E-state index contributed by atoms with van der Waals surface area (Å²) in [5, 5.41) is 8.87. The lowest BCUT2D eigenvalue weighted by Crippen LogP contribution is -2.17. The van der Waals surface area contributed by atoms with Gasteiger partial charge in [0, 0.05) is 23.1 Å². The third-order valence-corrected chi connectivity index (χ3v) is 6.19. The first-order chi connectivity index (χ1) is 17.1. The van der Waals surface area contributed by atoms with Crippen LogP contribution in [-0.4, -0.2) is 29.3 Å². The van der Waals surface area contributed by atoms with Gasteiger partial charge in [-0.15, -0.1) is 24.9 Å². The van der Waals surface area contributed by atoms with Gasteiger partial charge in [0.15, 0.2) is 11.5 Å². The first-order valence-corrected chi connectivity index (χ1v) is 12.3. The lowest BCUT2D eigenvalue weighted by molar-refractivity contribution is -0.274. The van der Waals surface area contributed by atoms with Crippen LogP contribution in [0.3, 0.4) is 0 Å². The molecule has 192 valence electrons. The van der Waals surface area contributed by atoms with E-state index in [4.69, 9.17) is 14.6 Å². The van der Waals surface area contributed by atoms with Crippen molar-refractivity contribution < 1.29 is 37.3 Å². The highest BCUT2D eigenvalue weighted by molar-refractivity contribution is 7.99. The predicted molar refractivity (Wildman–Crippen MR) is 132 cm³/mol. The van der Waals surface area contributed by atoms with Gasteiger partial charge in [-0.05, 0) is 74.2 Å². The standard InChI is InChI=1S/C27H27F3O5S/c1-18-16-23(11-8-20(18)9-13-26(31)32)36-15-14-19(2)33-24-12-10-22(35-27(28,29)30)17-25(24)34-21-6-4-3-5-7-21/h3-8,10-12,16-17,19H,9,13-15H2,1-2H3,(H,31,32)/t19-/m1/s1. The van der Waals surface area contributed by atoms with E-state index >= 15 is 0 Å². The number of ether oxygens (including phenoxy) is 3. The number of carbonyl (C=O) groups is 1. The van der Waals surface area contributed by atoms with Crippen molar-refractivity contribution >= 4 is 17.7 Å². The lowest BCUT2D eigenvalue weighted by atomic mass is 10.0. The fraction of sp³-hybridized carbons (Fsp3) is 0.296. The van der Waals surface area contributed by atoms with Crippen molar-refractivity contribution in [3.63, 3.8) is 0 Å². The van der Waals surface area contributed by atoms with Crippen LogP contribution in [0.5, 0.6) is 23.0 Å². The van der Waals surface area contributed by atoms with Gasteiger partial charge in [-0.3, -0.25) is 4.79 Å². The van der Waals surface area contributed by atoms with Gasteiger partial charge in [0.25, 0.3) is 0 Å². The summed E-state index contributed by atoms with van der Waals surface area (Å²) in [4.78, 5) is 11.9. The molecule has 0 saturated heterocycles. The Bertz CT molecular complexity index is 1150. The number of aryl methyl sites for hydroxylation is 2. The molecule has 36 heavy (non-hydrogen) atoms. The number of para-hydroxylation sites is 1. The number of halogens is 3. The van der Waals surface area contributed by atoms with Crippen LogP contribution in [0.1, 0.15) is 30.9 Å². The van der Waals surface area contributed by atoms with Crippen LogP contribution in [0.15, 0.2) is 71.6 Å². The van der Waals surface area contributed by atoms with Crippen molar-refractivity contribution in [1.82, 2.24) is 0 Å². The molecule has 5 nitrogen and oxygen atoms in total. The van der Waals surface area contributed by atoms with Crippen LogP contribution in [0.4, 0.5) is 13.2 Å². The van der Waals surface area contributed by atoms with Crippen LogP contribution in [0.2, 0.25) is 0 Å². The van der Waals surface area contributed by atoms with Crippen molar-refractivity contribution in [2.45, 2.75) is 50.5 Å². The number of carboxylic acid groups (broad SMARTS) is 1. The van der Waals surface area contributed by atoms with Crippen molar-refractivity contribution in [3.8, 4) is 23.0 Å². The normalized spacial score (nSPS) is 12.1. The van der Waals surface area contributed by atoms with Crippen LogP contribution in [-0.2, 0) is 11.2 Å². The Hall–Kier alpha value is -3.33. The molecule has 9 heteroatoms. The number of hydrogen-bond acceptors (Lipinski definition) is 5. The molecule has 0 aliphatic heterocycles. The quantitative estimate of drug-likeness (QED) is 0.248. The zero-order valence-corrected chi connectivity index (χ0v) is 20.7. The number of thioether (sulfide) groups is 1. The molecular formula is C27H27F3O5S. The summed E-state index contributed by atoms with van der Waals surface area (Å²) in [6.07, 6.45) is -3.78. The first kappa shape index (κ1) is 27.3. The van der Waals surface area contributed by atoms with Gasteiger partial charge in [0.05, 0.1) is 6.10 Å². The molecule has 0 heterocycles. The largest absolute Gasteiger partial charge is 0.573 e. The van der Waals surface area contributed by atoms with Gasteiger partial charge in [-0.1, -0.05) is 24.3 Å². The number of alkyl halides is 3. The first-order valence-electron chi connectivity index (χ1n) is 11.3. The Morgan fingerprint density at radius 3 is 2.42 bits per heavy atom. The Balaban J connectivity index is 1.61. The molecule has 0 aromatic heterocycles. The SMILES string of the molecule is Cc1cc(SCC[C@@H](C)Oc2ccc(OC(F)(F)F)cc2Oc2ccccc2)ccc1CCC(=O)O. The van der Waals surface area contributed by atoms with Crippen molar-refractivity contribution in [1.29, 1.82) is 0 Å². The minimum atomic E-state index is -4.82. The molecule has 0 spiro atoms. The minimum Gasteiger partial charge on any atom is -0.487 e. The molecule has 0 unspecified atom stereocenters. The van der Waals surface area contributed by atoms with Crippen molar-refractivity contribution in [3.05, 3.63) is 77.9 Å². The molecule has 1 N–H and O–H groups in total. The van der Waals surface area contributed by atoms with E-state index in [9.17, 15) is 18.0 Å². The minimum absolute atomic E-state index is 0.0987. The van der Waals surface area contributed by atoms with Crippen LogP contribution in [0, 0.1) is 6.92 Å². The third-order valence-electron chi connectivity index (χ3n) is 5.16. The summed E-state index contributed by atoms with van der Waals surface area (Å²) in [5.41, 5.74) is 2.07. The summed E-state index contributed by atoms with van der Waals surface area (Å²) >= 11 is 1.65. The smallest absolute Gasteiger partial charge is 0.487 e. The molecule has 0 aliphatic carbocycles. The Morgan fingerprint density at radius 2 is 1.75 bits per heavy atom. The van der Waals surface area contributed by atoms with Crippen molar-refractivity contribution in [2.75, 3.05) is 5.75 Å². The fourth-order valence-corrected chi connectivity index (χ4v) is 4.49. The molecule has 0 amide bonds. The summed E-state index contributed by atoms with van der Waals surface area (Å²) in [7, 11) is 0. The molecule has 1 atom stereocenters. The van der Waals surface area contributed by atoms with Crippen LogP contribution >= 0.6 is 11.8 Å². The molecule has 0 aliphatic rings. The number of hydrogen-bond donors (Lipinski definition) is 1. The van der Waals surface area contributed by atoms with E-state index in [-0.39, 0.29) is 18.3 Å². The number of aliphatic carboxylic acids is 1. The highest BCUT2D eigenvalue weighted by Crippen LogP contribution is 2.37. The van der Waals surface area contributed by atoms with Crippen LogP contribution in [0.25, 0.3) is 0 Å². The fourth-order valence-electron chi connectivity index (χ4n) is 3.38. The average Bonchev–Trinajstić information content (AvgIpc) is 2.80. The van der Waals surface area contributed by atoms with Gasteiger partial charge in [-0.2, -0.15) is 0 Å². The molecule has 0 fully saturated rings. The van der Waals surface area contributed by atoms with E-state index in [1.54, 1.807) is 42.1 Å². The maximum absolute atomic E-state index is 12.7. The molecule has 3 aromatic carbocycles. The zero-order valence-electron chi connectivity index (χ0n) is 19.9. The maximum Gasteiger partial charge on any atom is 0.573 e. The monoisotopic (exact) mass is 520 g/mol. The topological polar surface area (TPSA) is 65.0 Å². The number of carboxylic acids is 1. The van der Waals surface area contributed by atoms with E-state index in [1.165, 1.54) is 12.1 Å². The molecule has 3 rings (SSSR count). The van der Waals surface area contributed by atoms with Gasteiger partial charge in [0.2, 0.25) is 0 Å². The van der Waals surface area contributed by atoms with E-state index in [0.717, 1.165) is 27.8 Å². The zero-order chi connectivity index (χ0) is 26.1. The molecule has 3 aromatic rings. The summed E-state index contributed by atoms with van der Waals surface area (Å²) < 4.78 is 53.9. The summed E-state index contributed by atoms with van der Waals surface area (Å²) in [6, 6.07) is 18.4. The Morgan fingerprint density at radius 1 is 1.00 bits per heavy atom. The van der Waals surface area contributed by atoms with E-state index < -0.39 is 18.1 Å². The highest BCUT2D eigenvalue weighted by atomic mass is 32.2. The van der Waals surface area contributed by atoms with E-state index in [0.29, 0.717) is 24.3 Å². The van der Waals surface area contributed by atoms with E-state index in [1.807, 2.05) is 32.0 Å². The predicted octanol–water partition coefficient (Wildman–Crippen LogP) is 7.65. The van der Waals surface area contributed by atoms with Crippen LogP contribution < -0.4 is 14.2 Å². The van der Waals surface area contributed by atoms with Gasteiger partial charge < -0.3 is 19.3 Å². The molecule has 0 radical (unpaired) electrons.